The molecule has 1 fully saturated rings. The Kier molecular flexibility index (Phi) is 6.24. The smallest absolute Gasteiger partial charge is 0.119 e. The normalized spacial score (nSPS) is 17.7. The quantitative estimate of drug-likeness (QED) is 0.823. The van der Waals surface area contributed by atoms with Gasteiger partial charge >= 0.3 is 0 Å². The van der Waals surface area contributed by atoms with Gasteiger partial charge in [-0.05, 0) is 19.2 Å². The number of likely N-dealkylation sites (N-methyl/N-ethyl adjacent to an activating group) is 1. The van der Waals surface area contributed by atoms with E-state index >= 15 is 0 Å². The summed E-state index contributed by atoms with van der Waals surface area (Å²) >= 11 is 4.16. The molecule has 0 radical (unpaired) electrons. The highest BCUT2D eigenvalue weighted by Crippen LogP contribution is 2.19. The van der Waals surface area contributed by atoms with E-state index in [-0.39, 0.29) is 0 Å². The van der Waals surface area contributed by atoms with E-state index in [1.165, 1.54) is 23.0 Å². The Balaban J connectivity index is 1.69. The molecule has 2 nitrogen and oxygen atoms in total. The lowest BCUT2D eigenvalue weighted by atomic mass is 10.3. The van der Waals surface area contributed by atoms with Crippen LogP contribution in [0.1, 0.15) is 0 Å². The number of benzene rings is 1. The molecule has 0 N–H and O–H groups in total. The van der Waals surface area contributed by atoms with Crippen molar-refractivity contribution in [3.63, 3.8) is 0 Å². The van der Waals surface area contributed by atoms with Crippen LogP contribution in [0.3, 0.4) is 0 Å². The molecule has 4 heteroatoms. The van der Waals surface area contributed by atoms with Crippen LogP contribution in [0.5, 0.6) is 5.75 Å². The zero-order valence-corrected chi connectivity index (χ0v) is 12.5. The summed E-state index contributed by atoms with van der Waals surface area (Å²) < 4.78 is 5.74. The van der Waals surface area contributed by atoms with E-state index in [2.05, 4.69) is 35.5 Å². The maximum Gasteiger partial charge on any atom is 0.119 e. The zero-order chi connectivity index (χ0) is 12.6. The highest BCUT2D eigenvalue weighted by Gasteiger charge is 2.17. The molecule has 1 aromatic rings. The molecule has 0 aromatic heterocycles. The molecular formula is C14H21NOS2. The average Bonchev–Trinajstić information content (AvgIpc) is 2.69. The lowest BCUT2D eigenvalue weighted by Gasteiger charge is -2.26. The predicted molar refractivity (Wildman–Crippen MR) is 83.0 cm³/mol. The van der Waals surface area contributed by atoms with Crippen molar-refractivity contribution in [1.82, 2.24) is 4.90 Å². The highest BCUT2D eigenvalue weighted by atomic mass is 32.2. The van der Waals surface area contributed by atoms with Gasteiger partial charge in [-0.25, -0.2) is 0 Å². The molecule has 1 aromatic carbocycles. The highest BCUT2D eigenvalue weighted by molar-refractivity contribution is 8.03. The summed E-state index contributed by atoms with van der Waals surface area (Å²) in [5, 5.41) is 0. The number of para-hydroxylation sites is 1. The number of thioether (sulfide) groups is 2. The van der Waals surface area contributed by atoms with E-state index < -0.39 is 0 Å². The maximum absolute atomic E-state index is 5.74. The first-order valence-electron chi connectivity index (χ1n) is 6.40. The fourth-order valence-electron chi connectivity index (χ4n) is 1.87. The fourth-order valence-corrected chi connectivity index (χ4v) is 4.58. The van der Waals surface area contributed by atoms with Crippen molar-refractivity contribution >= 4 is 23.5 Å². The largest absolute Gasteiger partial charge is 0.492 e. The molecule has 18 heavy (non-hydrogen) atoms. The Hall–Kier alpha value is -0.320. The van der Waals surface area contributed by atoms with Gasteiger partial charge in [-0.15, -0.1) is 0 Å². The van der Waals surface area contributed by atoms with Gasteiger partial charge in [0.15, 0.2) is 0 Å². The summed E-state index contributed by atoms with van der Waals surface area (Å²) in [5.41, 5.74) is 0. The molecule has 0 bridgehead atoms. The van der Waals surface area contributed by atoms with Crippen LogP contribution in [0.2, 0.25) is 0 Å². The van der Waals surface area contributed by atoms with Crippen molar-refractivity contribution in [2.75, 3.05) is 43.2 Å². The van der Waals surface area contributed by atoms with E-state index in [0.717, 1.165) is 18.9 Å². The molecule has 0 saturated carbocycles. The summed E-state index contributed by atoms with van der Waals surface area (Å²) in [6.07, 6.45) is 0. The summed E-state index contributed by atoms with van der Waals surface area (Å²) in [6.45, 7) is 1.77. The van der Waals surface area contributed by atoms with Crippen LogP contribution in [0.15, 0.2) is 30.3 Å². The van der Waals surface area contributed by atoms with Crippen molar-refractivity contribution < 1.29 is 4.74 Å². The number of hydrogen-bond acceptors (Lipinski definition) is 4. The third-order valence-corrected chi connectivity index (χ3v) is 5.56. The third-order valence-electron chi connectivity index (χ3n) is 3.07. The minimum Gasteiger partial charge on any atom is -0.492 e. The number of nitrogens with zero attached hydrogens (tertiary/aromatic N) is 1. The first-order chi connectivity index (χ1) is 8.86. The van der Waals surface area contributed by atoms with Gasteiger partial charge in [-0.2, -0.15) is 23.5 Å². The first-order valence-corrected chi connectivity index (χ1v) is 8.71. The molecule has 1 saturated heterocycles. The Morgan fingerprint density at radius 3 is 2.50 bits per heavy atom. The fraction of sp³-hybridized carbons (Fsp3) is 0.571. The van der Waals surface area contributed by atoms with Crippen molar-refractivity contribution in [1.29, 1.82) is 0 Å². The van der Waals surface area contributed by atoms with Gasteiger partial charge in [0.2, 0.25) is 0 Å². The number of rotatable bonds is 5. The second-order valence-corrected chi connectivity index (χ2v) is 6.75. The topological polar surface area (TPSA) is 12.5 Å². The molecule has 0 atom stereocenters. The standard InChI is InChI=1S/C14H21NOS2/c1-15(13-11-17-9-10-18-12-13)7-8-16-14-5-3-2-4-6-14/h2-6,13H,7-12H2,1H3. The van der Waals surface area contributed by atoms with E-state index in [4.69, 9.17) is 4.74 Å². The van der Waals surface area contributed by atoms with Crippen molar-refractivity contribution in [2.45, 2.75) is 6.04 Å². The monoisotopic (exact) mass is 283 g/mol. The molecule has 0 amide bonds. The second kappa shape index (κ2) is 7.97. The van der Waals surface area contributed by atoms with Crippen LogP contribution < -0.4 is 4.74 Å². The van der Waals surface area contributed by atoms with Crippen molar-refractivity contribution in [3.05, 3.63) is 30.3 Å². The first kappa shape index (κ1) is 14.1. The molecule has 1 aliphatic rings. The Morgan fingerprint density at radius 1 is 1.17 bits per heavy atom. The lowest BCUT2D eigenvalue weighted by Crippen LogP contribution is -2.38. The van der Waals surface area contributed by atoms with Crippen LogP contribution in [0.4, 0.5) is 0 Å². The average molecular weight is 283 g/mol. The minimum atomic E-state index is 0.696. The van der Waals surface area contributed by atoms with Gasteiger partial charge in [-0.1, -0.05) is 18.2 Å². The molecule has 1 heterocycles. The van der Waals surface area contributed by atoms with E-state index in [9.17, 15) is 0 Å². The predicted octanol–water partition coefficient (Wildman–Crippen LogP) is 2.85. The molecule has 0 unspecified atom stereocenters. The van der Waals surface area contributed by atoms with Gasteiger partial charge in [0.25, 0.3) is 0 Å². The molecule has 0 spiro atoms. The number of hydrogen-bond donors (Lipinski definition) is 0. The second-order valence-electron chi connectivity index (χ2n) is 4.45. The summed E-state index contributed by atoms with van der Waals surface area (Å²) in [5.74, 6) is 6.09. The molecule has 100 valence electrons. The molecule has 2 rings (SSSR count). The van der Waals surface area contributed by atoms with Gasteiger partial charge in [0, 0.05) is 35.6 Å². The molecule has 1 aliphatic heterocycles. The van der Waals surface area contributed by atoms with Crippen molar-refractivity contribution in [2.24, 2.45) is 0 Å². The van der Waals surface area contributed by atoms with Gasteiger partial charge in [0.05, 0.1) is 0 Å². The van der Waals surface area contributed by atoms with Gasteiger partial charge < -0.3 is 4.74 Å². The summed E-state index contributed by atoms with van der Waals surface area (Å²) in [7, 11) is 2.21. The summed E-state index contributed by atoms with van der Waals surface area (Å²) in [4.78, 5) is 2.44. The Labute approximate surface area is 118 Å². The van der Waals surface area contributed by atoms with Crippen LogP contribution in [-0.2, 0) is 0 Å². The molecule has 0 aliphatic carbocycles. The maximum atomic E-state index is 5.74. The van der Waals surface area contributed by atoms with E-state index in [1.807, 2.05) is 30.3 Å². The van der Waals surface area contributed by atoms with E-state index in [0.29, 0.717) is 6.04 Å². The van der Waals surface area contributed by atoms with Crippen LogP contribution >= 0.6 is 23.5 Å². The van der Waals surface area contributed by atoms with Gasteiger partial charge in [0.1, 0.15) is 12.4 Å². The third kappa shape index (κ3) is 4.75. The van der Waals surface area contributed by atoms with Crippen LogP contribution in [0, 0.1) is 0 Å². The van der Waals surface area contributed by atoms with Crippen LogP contribution in [0.25, 0.3) is 0 Å². The summed E-state index contributed by atoms with van der Waals surface area (Å²) in [6, 6.07) is 10.8. The Morgan fingerprint density at radius 2 is 1.83 bits per heavy atom. The van der Waals surface area contributed by atoms with E-state index in [1.54, 1.807) is 0 Å². The SMILES string of the molecule is CN(CCOc1ccccc1)C1CSCCSC1. The number of ether oxygens (including phenoxy) is 1. The zero-order valence-electron chi connectivity index (χ0n) is 10.9. The van der Waals surface area contributed by atoms with Crippen LogP contribution in [-0.4, -0.2) is 54.2 Å². The van der Waals surface area contributed by atoms with Gasteiger partial charge in [-0.3, -0.25) is 4.90 Å². The lowest BCUT2D eigenvalue weighted by molar-refractivity contribution is 0.212. The minimum absolute atomic E-state index is 0.696. The van der Waals surface area contributed by atoms with Crippen molar-refractivity contribution in [3.8, 4) is 5.75 Å². The Bertz CT molecular complexity index is 326. The molecular weight excluding hydrogens is 262 g/mol.